The van der Waals surface area contributed by atoms with E-state index in [2.05, 4.69) is 199 Å². The second-order valence-electron chi connectivity index (χ2n) is 14.1. The third-order valence-electron chi connectivity index (χ3n) is 10.8. The molecule has 0 aliphatic carbocycles. The Bertz CT molecular complexity index is 3210. The molecule has 0 aliphatic heterocycles. The van der Waals surface area contributed by atoms with Crippen molar-refractivity contribution in [1.82, 2.24) is 0 Å². The Morgan fingerprint density at radius 3 is 1.85 bits per heavy atom. The van der Waals surface area contributed by atoms with Crippen LogP contribution >= 0.6 is 11.3 Å². The number of anilines is 3. The molecule has 0 spiro atoms. The van der Waals surface area contributed by atoms with Gasteiger partial charge in [-0.2, -0.15) is 0 Å². The van der Waals surface area contributed by atoms with Crippen LogP contribution in [0.1, 0.15) is 0 Å². The lowest BCUT2D eigenvalue weighted by Gasteiger charge is -2.27. The molecular weight excluding hydrogens is 687 g/mol. The Balaban J connectivity index is 1.13. The Labute approximate surface area is 322 Å². The van der Waals surface area contributed by atoms with Crippen molar-refractivity contribution >= 4 is 81.3 Å². The van der Waals surface area contributed by atoms with Gasteiger partial charge in [0.05, 0.1) is 5.69 Å². The highest BCUT2D eigenvalue weighted by atomic mass is 32.1. The predicted octanol–water partition coefficient (Wildman–Crippen LogP) is 15.6. The zero-order valence-corrected chi connectivity index (χ0v) is 30.6. The second-order valence-corrected chi connectivity index (χ2v) is 15.2. The number of hydrogen-bond acceptors (Lipinski definition) is 3. The summed E-state index contributed by atoms with van der Waals surface area (Å²) in [5.74, 6) is 0. The van der Waals surface area contributed by atoms with Crippen molar-refractivity contribution in [1.29, 1.82) is 0 Å². The molecule has 2 nitrogen and oxygen atoms in total. The fraction of sp³-hybridized carbons (Fsp3) is 0. The molecule has 3 heteroatoms. The molecule has 0 atom stereocenters. The molecule has 11 aromatic rings. The molecule has 0 bridgehead atoms. The van der Waals surface area contributed by atoms with Gasteiger partial charge in [0.15, 0.2) is 5.58 Å². The quantitative estimate of drug-likeness (QED) is 0.170. The van der Waals surface area contributed by atoms with Gasteiger partial charge in [-0.3, -0.25) is 0 Å². The highest BCUT2D eigenvalue weighted by Gasteiger charge is 2.21. The van der Waals surface area contributed by atoms with Gasteiger partial charge in [-0.25, -0.2) is 0 Å². The van der Waals surface area contributed by atoms with Gasteiger partial charge in [0.25, 0.3) is 0 Å². The molecular formula is C52H33NOS. The average Bonchev–Trinajstić information content (AvgIpc) is 3.83. The molecule has 9 aromatic carbocycles. The van der Waals surface area contributed by atoms with Crippen LogP contribution in [0.15, 0.2) is 205 Å². The first kappa shape index (κ1) is 31.6. The van der Waals surface area contributed by atoms with Crippen molar-refractivity contribution in [2.45, 2.75) is 0 Å². The highest BCUT2D eigenvalue weighted by Crippen LogP contribution is 2.45. The third kappa shape index (κ3) is 5.48. The molecule has 0 fully saturated rings. The molecule has 0 amide bonds. The maximum atomic E-state index is 6.71. The molecule has 11 rings (SSSR count). The minimum Gasteiger partial charge on any atom is -0.454 e. The van der Waals surface area contributed by atoms with Gasteiger partial charge in [0.1, 0.15) is 5.58 Å². The fourth-order valence-electron chi connectivity index (χ4n) is 8.12. The molecule has 0 aliphatic rings. The van der Waals surface area contributed by atoms with E-state index in [9.17, 15) is 0 Å². The number of para-hydroxylation sites is 2. The maximum absolute atomic E-state index is 6.71. The largest absolute Gasteiger partial charge is 0.454 e. The zero-order valence-electron chi connectivity index (χ0n) is 29.8. The second kappa shape index (κ2) is 12.9. The molecule has 0 saturated heterocycles. The Morgan fingerprint density at radius 1 is 0.345 bits per heavy atom. The number of thiophene rings is 1. The van der Waals surface area contributed by atoms with Crippen LogP contribution in [0.3, 0.4) is 0 Å². The minimum absolute atomic E-state index is 0.862. The summed E-state index contributed by atoms with van der Waals surface area (Å²) in [5, 5.41) is 7.30. The number of rotatable bonds is 6. The Hall–Kier alpha value is -6.94. The number of hydrogen-bond donors (Lipinski definition) is 0. The molecule has 0 radical (unpaired) electrons. The van der Waals surface area contributed by atoms with Crippen molar-refractivity contribution in [2.75, 3.05) is 4.90 Å². The lowest BCUT2D eigenvalue weighted by Crippen LogP contribution is -2.10. The topological polar surface area (TPSA) is 16.4 Å². The number of nitrogens with zero attached hydrogens (tertiary/aromatic N) is 1. The van der Waals surface area contributed by atoms with E-state index >= 15 is 0 Å². The summed E-state index contributed by atoms with van der Waals surface area (Å²) < 4.78 is 9.31. The van der Waals surface area contributed by atoms with Crippen LogP contribution < -0.4 is 4.90 Å². The van der Waals surface area contributed by atoms with Crippen molar-refractivity contribution < 1.29 is 4.42 Å². The van der Waals surface area contributed by atoms with Crippen molar-refractivity contribution in [3.8, 4) is 33.4 Å². The standard InChI is InChI=1S/C52H33NOS/c1-2-11-34(12-3-1)40-30-41(39-25-28-46-45-16-7-9-20-50(45)55-51(46)33-39)32-43(31-40)53(48-18-10-17-47-44-15-6-8-19-49(44)54-52(47)48)42-26-23-36(24-27-42)38-22-21-35-13-4-5-14-37(35)29-38/h1-33H. The van der Waals surface area contributed by atoms with Gasteiger partial charge in [-0.05, 0) is 105 Å². The van der Waals surface area contributed by atoms with Gasteiger partial charge in [0, 0.05) is 42.3 Å². The molecule has 0 saturated carbocycles. The van der Waals surface area contributed by atoms with Crippen LogP contribution in [0.2, 0.25) is 0 Å². The Morgan fingerprint density at radius 2 is 0.982 bits per heavy atom. The lowest BCUT2D eigenvalue weighted by atomic mass is 9.96. The van der Waals surface area contributed by atoms with Crippen molar-refractivity contribution in [2.24, 2.45) is 0 Å². The van der Waals surface area contributed by atoms with E-state index in [0.29, 0.717) is 0 Å². The molecule has 2 aromatic heterocycles. The number of fused-ring (bicyclic) bond motifs is 7. The van der Waals surface area contributed by atoms with Crippen LogP contribution in [0, 0.1) is 0 Å². The molecule has 258 valence electrons. The van der Waals surface area contributed by atoms with E-state index < -0.39 is 0 Å². The van der Waals surface area contributed by atoms with E-state index in [-0.39, 0.29) is 0 Å². The van der Waals surface area contributed by atoms with E-state index in [1.165, 1.54) is 53.2 Å². The van der Waals surface area contributed by atoms with Gasteiger partial charge < -0.3 is 9.32 Å². The van der Waals surface area contributed by atoms with E-state index in [0.717, 1.165) is 50.1 Å². The van der Waals surface area contributed by atoms with Crippen LogP contribution in [-0.2, 0) is 0 Å². The summed E-state index contributed by atoms with van der Waals surface area (Å²) in [5.41, 5.74) is 11.9. The fourth-order valence-corrected chi connectivity index (χ4v) is 9.26. The third-order valence-corrected chi connectivity index (χ3v) is 12.0. The average molecular weight is 720 g/mol. The zero-order chi connectivity index (χ0) is 36.3. The molecule has 0 N–H and O–H groups in total. The van der Waals surface area contributed by atoms with Gasteiger partial charge >= 0.3 is 0 Å². The summed E-state index contributed by atoms with van der Waals surface area (Å²) in [6.45, 7) is 0. The molecule has 55 heavy (non-hydrogen) atoms. The van der Waals surface area contributed by atoms with Gasteiger partial charge in [0.2, 0.25) is 0 Å². The van der Waals surface area contributed by atoms with Gasteiger partial charge in [-0.15, -0.1) is 11.3 Å². The van der Waals surface area contributed by atoms with E-state index in [4.69, 9.17) is 4.42 Å². The number of benzene rings is 9. The minimum atomic E-state index is 0.862. The Kier molecular flexibility index (Phi) is 7.39. The highest BCUT2D eigenvalue weighted by molar-refractivity contribution is 7.25. The molecule has 2 heterocycles. The van der Waals surface area contributed by atoms with Crippen molar-refractivity contribution in [3.63, 3.8) is 0 Å². The van der Waals surface area contributed by atoms with Crippen LogP contribution in [0.25, 0.3) is 86.3 Å². The smallest absolute Gasteiger partial charge is 0.159 e. The van der Waals surface area contributed by atoms with Crippen LogP contribution in [0.5, 0.6) is 0 Å². The summed E-state index contributed by atoms with van der Waals surface area (Å²) in [4.78, 5) is 2.36. The SMILES string of the molecule is c1ccc(-c2cc(-c3ccc4c(c3)sc3ccccc34)cc(N(c3ccc(-c4ccc5ccccc5c4)cc3)c3cccc4c3oc3ccccc34)c2)cc1. The first-order valence-corrected chi connectivity index (χ1v) is 19.5. The van der Waals surface area contributed by atoms with E-state index in [1.807, 2.05) is 17.4 Å². The van der Waals surface area contributed by atoms with Crippen molar-refractivity contribution in [3.05, 3.63) is 200 Å². The van der Waals surface area contributed by atoms with Gasteiger partial charge in [-0.1, -0.05) is 140 Å². The van der Waals surface area contributed by atoms with Crippen LogP contribution in [0.4, 0.5) is 17.1 Å². The summed E-state index contributed by atoms with van der Waals surface area (Å²) in [6.07, 6.45) is 0. The maximum Gasteiger partial charge on any atom is 0.159 e. The first-order valence-electron chi connectivity index (χ1n) is 18.7. The van der Waals surface area contributed by atoms with Crippen LogP contribution in [-0.4, -0.2) is 0 Å². The summed E-state index contributed by atoms with van der Waals surface area (Å²) in [7, 11) is 0. The monoisotopic (exact) mass is 719 g/mol. The molecule has 0 unspecified atom stereocenters. The lowest BCUT2D eigenvalue weighted by molar-refractivity contribution is 0.669. The summed E-state index contributed by atoms with van der Waals surface area (Å²) in [6, 6.07) is 72.3. The normalized spacial score (nSPS) is 11.6. The summed E-state index contributed by atoms with van der Waals surface area (Å²) >= 11 is 1.86. The number of furan rings is 1. The predicted molar refractivity (Wildman–Crippen MR) is 235 cm³/mol. The van der Waals surface area contributed by atoms with E-state index in [1.54, 1.807) is 0 Å². The first-order chi connectivity index (χ1) is 27.2.